The van der Waals surface area contributed by atoms with Gasteiger partial charge in [-0.05, 0) is 28.5 Å². The van der Waals surface area contributed by atoms with Gasteiger partial charge in [0, 0.05) is 11.3 Å². The van der Waals surface area contributed by atoms with Crippen LogP contribution in [0.25, 0.3) is 0 Å². The number of rotatable bonds is 5. The van der Waals surface area contributed by atoms with E-state index in [0.717, 1.165) is 5.56 Å². The van der Waals surface area contributed by atoms with E-state index in [0.29, 0.717) is 11.3 Å². The first kappa shape index (κ1) is 15.1. The zero-order valence-corrected chi connectivity index (χ0v) is 12.4. The number of amides is 1. The number of carbonyl (C=O) groups excluding carboxylic acids is 2. The Hall–Kier alpha value is -2.34. The van der Waals surface area contributed by atoms with Gasteiger partial charge in [0.15, 0.2) is 6.04 Å². The Bertz CT molecular complexity index is 626. The van der Waals surface area contributed by atoms with Gasteiger partial charge in [0.05, 0.1) is 13.5 Å². The number of para-hydroxylation sites is 1. The third-order valence-electron chi connectivity index (χ3n) is 2.99. The molecule has 3 N–H and O–H groups in total. The summed E-state index contributed by atoms with van der Waals surface area (Å²) in [5.41, 5.74) is 7.74. The molecule has 0 spiro atoms. The summed E-state index contributed by atoms with van der Waals surface area (Å²) in [6.07, 6.45) is 0.212. The molecule has 0 aliphatic rings. The molecule has 0 aliphatic heterocycles. The summed E-state index contributed by atoms with van der Waals surface area (Å²) in [5.74, 6) is -0.807. The number of methoxy groups -OCH3 is 1. The minimum atomic E-state index is -0.901. The largest absolute Gasteiger partial charge is 0.467 e. The van der Waals surface area contributed by atoms with Crippen LogP contribution in [0.4, 0.5) is 5.69 Å². The summed E-state index contributed by atoms with van der Waals surface area (Å²) in [6.45, 7) is 0. The van der Waals surface area contributed by atoms with Crippen LogP contribution in [0, 0.1) is 0 Å². The predicted molar refractivity (Wildman–Crippen MR) is 81.8 cm³/mol. The molecule has 1 atom stereocenters. The first-order valence-corrected chi connectivity index (χ1v) is 7.28. The quantitative estimate of drug-likeness (QED) is 0.653. The molecular weight excluding hydrogens is 288 g/mol. The molecule has 0 fully saturated rings. The standard InChI is InChI=1S/C15H16N2O3S/c1-20-15(19)14(11-4-2-3-5-12(11)16)17-13(18)8-10-6-7-21-9-10/h2-7,9,14H,8,16H2,1H3,(H,17,18)/t14-/m0/s1. The molecule has 6 heteroatoms. The third kappa shape index (κ3) is 3.82. The van der Waals surface area contributed by atoms with E-state index in [1.165, 1.54) is 18.4 Å². The highest BCUT2D eigenvalue weighted by Gasteiger charge is 2.25. The number of hydrogen-bond donors (Lipinski definition) is 2. The Kier molecular flexibility index (Phi) is 4.94. The lowest BCUT2D eigenvalue weighted by molar-refractivity contribution is -0.145. The summed E-state index contributed by atoms with van der Waals surface area (Å²) in [7, 11) is 1.28. The lowest BCUT2D eigenvalue weighted by atomic mass is 10.0. The Balaban J connectivity index is 2.16. The zero-order chi connectivity index (χ0) is 15.2. The maximum atomic E-state index is 12.1. The van der Waals surface area contributed by atoms with E-state index in [1.807, 2.05) is 16.8 Å². The van der Waals surface area contributed by atoms with Crippen LogP contribution in [0.3, 0.4) is 0 Å². The van der Waals surface area contributed by atoms with Crippen molar-refractivity contribution in [2.24, 2.45) is 0 Å². The number of benzene rings is 1. The van der Waals surface area contributed by atoms with Gasteiger partial charge in [0.1, 0.15) is 0 Å². The highest BCUT2D eigenvalue weighted by molar-refractivity contribution is 7.08. The van der Waals surface area contributed by atoms with Crippen LogP contribution in [0.5, 0.6) is 0 Å². The van der Waals surface area contributed by atoms with Crippen LogP contribution >= 0.6 is 11.3 Å². The highest BCUT2D eigenvalue weighted by atomic mass is 32.1. The maximum Gasteiger partial charge on any atom is 0.333 e. The lowest BCUT2D eigenvalue weighted by Crippen LogP contribution is -2.35. The minimum absolute atomic E-state index is 0.212. The summed E-state index contributed by atoms with van der Waals surface area (Å²) in [5, 5.41) is 6.47. The van der Waals surface area contributed by atoms with E-state index in [1.54, 1.807) is 24.3 Å². The molecule has 1 aromatic heterocycles. The molecule has 2 rings (SSSR count). The van der Waals surface area contributed by atoms with Gasteiger partial charge in [0.25, 0.3) is 0 Å². The maximum absolute atomic E-state index is 12.1. The van der Waals surface area contributed by atoms with Crippen molar-refractivity contribution in [3.63, 3.8) is 0 Å². The lowest BCUT2D eigenvalue weighted by Gasteiger charge is -2.18. The number of esters is 1. The number of nitrogen functional groups attached to an aromatic ring is 1. The van der Waals surface area contributed by atoms with Crippen molar-refractivity contribution in [2.45, 2.75) is 12.5 Å². The number of nitrogens with two attached hydrogens (primary N) is 1. The van der Waals surface area contributed by atoms with Crippen molar-refractivity contribution in [1.82, 2.24) is 5.32 Å². The normalized spacial score (nSPS) is 11.7. The minimum Gasteiger partial charge on any atom is -0.467 e. The second kappa shape index (κ2) is 6.90. The number of hydrogen-bond acceptors (Lipinski definition) is 5. The van der Waals surface area contributed by atoms with Gasteiger partial charge >= 0.3 is 5.97 Å². The summed E-state index contributed by atoms with van der Waals surface area (Å²) < 4.78 is 4.75. The van der Waals surface area contributed by atoms with Crippen molar-refractivity contribution in [3.05, 3.63) is 52.2 Å². The van der Waals surface area contributed by atoms with E-state index in [9.17, 15) is 9.59 Å². The van der Waals surface area contributed by atoms with Crippen LogP contribution in [-0.4, -0.2) is 19.0 Å². The zero-order valence-electron chi connectivity index (χ0n) is 11.5. The monoisotopic (exact) mass is 304 g/mol. The SMILES string of the molecule is COC(=O)[C@@H](NC(=O)Cc1ccsc1)c1ccccc1N. The molecule has 5 nitrogen and oxygen atoms in total. The van der Waals surface area contributed by atoms with E-state index >= 15 is 0 Å². The molecule has 1 amide bonds. The van der Waals surface area contributed by atoms with Crippen LogP contribution < -0.4 is 11.1 Å². The van der Waals surface area contributed by atoms with Gasteiger partial charge in [-0.25, -0.2) is 4.79 Å². The van der Waals surface area contributed by atoms with Crippen LogP contribution in [0.1, 0.15) is 17.2 Å². The molecule has 0 bridgehead atoms. The summed E-state index contributed by atoms with van der Waals surface area (Å²) in [4.78, 5) is 24.0. The van der Waals surface area contributed by atoms with Gasteiger partial charge in [0.2, 0.25) is 5.91 Å². The second-order valence-corrected chi connectivity index (χ2v) is 5.24. The van der Waals surface area contributed by atoms with Crippen molar-refractivity contribution in [1.29, 1.82) is 0 Å². The van der Waals surface area contributed by atoms with Crippen molar-refractivity contribution >= 4 is 28.9 Å². The smallest absolute Gasteiger partial charge is 0.333 e. The fraction of sp³-hybridized carbons (Fsp3) is 0.200. The van der Waals surface area contributed by atoms with Gasteiger partial charge in [-0.3, -0.25) is 4.79 Å². The first-order valence-electron chi connectivity index (χ1n) is 6.34. The van der Waals surface area contributed by atoms with E-state index < -0.39 is 12.0 Å². The number of ether oxygens (including phenoxy) is 1. The Morgan fingerprint density at radius 2 is 2.10 bits per heavy atom. The molecule has 1 heterocycles. The molecule has 0 unspecified atom stereocenters. The van der Waals surface area contributed by atoms with Gasteiger partial charge in [-0.2, -0.15) is 11.3 Å². The van der Waals surface area contributed by atoms with E-state index in [2.05, 4.69) is 5.32 Å². The molecule has 0 saturated heterocycles. The third-order valence-corrected chi connectivity index (χ3v) is 3.73. The number of nitrogens with one attached hydrogen (secondary N) is 1. The number of thiophene rings is 1. The van der Waals surface area contributed by atoms with Crippen LogP contribution in [0.15, 0.2) is 41.1 Å². The molecule has 21 heavy (non-hydrogen) atoms. The summed E-state index contributed by atoms with van der Waals surface area (Å²) >= 11 is 1.52. The fourth-order valence-corrected chi connectivity index (χ4v) is 2.61. The molecule has 2 aromatic rings. The van der Waals surface area contributed by atoms with E-state index in [-0.39, 0.29) is 12.3 Å². The van der Waals surface area contributed by atoms with Crippen LogP contribution in [-0.2, 0) is 20.7 Å². The molecule has 0 aliphatic carbocycles. The molecule has 1 aromatic carbocycles. The predicted octanol–water partition coefficient (Wildman–Crippen LogP) is 1.90. The average molecular weight is 304 g/mol. The Morgan fingerprint density at radius 1 is 1.33 bits per heavy atom. The molecular formula is C15H16N2O3S. The van der Waals surface area contributed by atoms with E-state index in [4.69, 9.17) is 10.5 Å². The van der Waals surface area contributed by atoms with Gasteiger partial charge in [-0.1, -0.05) is 18.2 Å². The fourth-order valence-electron chi connectivity index (χ4n) is 1.95. The van der Waals surface area contributed by atoms with Crippen molar-refractivity contribution in [2.75, 3.05) is 12.8 Å². The second-order valence-electron chi connectivity index (χ2n) is 4.46. The van der Waals surface area contributed by atoms with Crippen molar-refractivity contribution < 1.29 is 14.3 Å². The molecule has 110 valence electrons. The Morgan fingerprint density at radius 3 is 2.71 bits per heavy atom. The van der Waals surface area contributed by atoms with Gasteiger partial charge in [-0.15, -0.1) is 0 Å². The summed E-state index contributed by atoms with van der Waals surface area (Å²) in [6, 6.07) is 7.86. The molecule has 0 radical (unpaired) electrons. The van der Waals surface area contributed by atoms with Gasteiger partial charge < -0.3 is 15.8 Å². The highest BCUT2D eigenvalue weighted by Crippen LogP contribution is 2.21. The number of carbonyl (C=O) groups is 2. The van der Waals surface area contributed by atoms with Crippen LogP contribution in [0.2, 0.25) is 0 Å². The Labute approximate surface area is 126 Å². The molecule has 0 saturated carbocycles. The topological polar surface area (TPSA) is 81.4 Å². The van der Waals surface area contributed by atoms with Crippen molar-refractivity contribution in [3.8, 4) is 0 Å². The number of anilines is 1. The average Bonchev–Trinajstić information content (AvgIpc) is 2.97. The first-order chi connectivity index (χ1) is 10.1.